The van der Waals surface area contributed by atoms with Crippen molar-refractivity contribution < 1.29 is 4.74 Å². The molecular weight excluding hydrogens is 365 g/mol. The summed E-state index contributed by atoms with van der Waals surface area (Å²) in [5, 5.41) is 8.41. The lowest BCUT2D eigenvalue weighted by molar-refractivity contribution is 0.305. The Morgan fingerprint density at radius 2 is 2.10 bits per heavy atom. The molecule has 0 unspecified atom stereocenters. The Hall–Kier alpha value is -1.30. The molecule has 0 saturated heterocycles. The van der Waals surface area contributed by atoms with Crippen LogP contribution in [0.15, 0.2) is 34.9 Å². The summed E-state index contributed by atoms with van der Waals surface area (Å²) in [7, 11) is 0. The first kappa shape index (κ1) is 15.1. The molecule has 2 rings (SSSR count). The smallest absolute Gasteiger partial charge is 0.142 e. The summed E-state index contributed by atoms with van der Waals surface area (Å²) in [5.41, 5.74) is 6.57. The van der Waals surface area contributed by atoms with E-state index < -0.39 is 0 Å². The van der Waals surface area contributed by atoms with Crippen molar-refractivity contribution in [1.82, 2.24) is 4.98 Å². The third-order valence-electron chi connectivity index (χ3n) is 2.50. The minimum atomic E-state index is -0.107. The number of hydrogen-bond donors (Lipinski definition) is 2. The summed E-state index contributed by atoms with van der Waals surface area (Å²) < 4.78 is 6.32. The van der Waals surface area contributed by atoms with Crippen molar-refractivity contribution >= 4 is 45.0 Å². The van der Waals surface area contributed by atoms with Gasteiger partial charge in [0.05, 0.1) is 10.0 Å². The molecule has 0 aliphatic carbocycles. The number of nitrogens with two attached hydrogens (primary N) is 1. The van der Waals surface area contributed by atoms with Gasteiger partial charge in [-0.15, -0.1) is 0 Å². The van der Waals surface area contributed by atoms with Gasteiger partial charge in [0.2, 0.25) is 0 Å². The molecular formula is C13H10BrCl2N3O. The second kappa shape index (κ2) is 6.43. The Bertz CT molecular complexity index is 664. The topological polar surface area (TPSA) is 72.0 Å². The van der Waals surface area contributed by atoms with Crippen molar-refractivity contribution in [2.45, 2.75) is 6.61 Å². The highest BCUT2D eigenvalue weighted by molar-refractivity contribution is 9.10. The molecule has 2 aromatic rings. The van der Waals surface area contributed by atoms with Gasteiger partial charge in [0, 0.05) is 22.3 Å². The van der Waals surface area contributed by atoms with Gasteiger partial charge in [-0.2, -0.15) is 0 Å². The minimum Gasteiger partial charge on any atom is -0.487 e. The molecule has 104 valence electrons. The molecule has 1 aromatic heterocycles. The monoisotopic (exact) mass is 373 g/mol. The number of pyridine rings is 1. The molecule has 0 bridgehead atoms. The lowest BCUT2D eigenvalue weighted by Crippen LogP contribution is -2.16. The summed E-state index contributed by atoms with van der Waals surface area (Å²) in [6, 6.07) is 6.82. The number of nitrogen functional groups attached to an aromatic ring is 1. The van der Waals surface area contributed by atoms with Gasteiger partial charge < -0.3 is 10.5 Å². The number of aromatic nitrogens is 1. The molecule has 4 nitrogen and oxygen atoms in total. The lowest BCUT2D eigenvalue weighted by Gasteiger charge is -2.11. The number of rotatable bonds is 4. The molecule has 0 saturated carbocycles. The molecule has 0 radical (unpaired) electrons. The summed E-state index contributed by atoms with van der Waals surface area (Å²) in [6.45, 7) is 0.195. The summed E-state index contributed by atoms with van der Waals surface area (Å²) >= 11 is 15.4. The summed E-state index contributed by atoms with van der Waals surface area (Å²) in [6.07, 6.45) is 1.57. The maximum Gasteiger partial charge on any atom is 0.142 e. The summed E-state index contributed by atoms with van der Waals surface area (Å²) in [4.78, 5) is 4.05. The Morgan fingerprint density at radius 1 is 1.35 bits per heavy atom. The third-order valence-corrected chi connectivity index (χ3v) is 4.00. The predicted molar refractivity (Wildman–Crippen MR) is 83.7 cm³/mol. The van der Waals surface area contributed by atoms with Crippen LogP contribution in [0.4, 0.5) is 0 Å². The second-order valence-electron chi connectivity index (χ2n) is 3.91. The molecule has 0 fully saturated rings. The van der Waals surface area contributed by atoms with Gasteiger partial charge in [0.25, 0.3) is 0 Å². The first-order valence-electron chi connectivity index (χ1n) is 5.54. The van der Waals surface area contributed by atoms with E-state index in [1.54, 1.807) is 30.5 Å². The van der Waals surface area contributed by atoms with Crippen LogP contribution in [0.25, 0.3) is 0 Å². The van der Waals surface area contributed by atoms with E-state index in [-0.39, 0.29) is 12.4 Å². The second-order valence-corrected chi connectivity index (χ2v) is 5.58. The minimum absolute atomic E-state index is 0.107. The quantitative estimate of drug-likeness (QED) is 0.482. The molecule has 0 aliphatic heterocycles. The Kier molecular flexibility index (Phi) is 4.86. The average molecular weight is 375 g/mol. The van der Waals surface area contributed by atoms with E-state index in [0.29, 0.717) is 31.5 Å². The van der Waals surface area contributed by atoms with Gasteiger partial charge >= 0.3 is 0 Å². The molecule has 0 atom stereocenters. The fourth-order valence-electron chi connectivity index (χ4n) is 1.57. The van der Waals surface area contributed by atoms with E-state index >= 15 is 0 Å². The van der Waals surface area contributed by atoms with Crippen molar-refractivity contribution in [3.8, 4) is 5.75 Å². The highest BCUT2D eigenvalue weighted by atomic mass is 79.9. The van der Waals surface area contributed by atoms with Crippen molar-refractivity contribution in [2.75, 3.05) is 0 Å². The number of hydrogen-bond acceptors (Lipinski definition) is 3. The van der Waals surface area contributed by atoms with Crippen LogP contribution in [0.5, 0.6) is 5.75 Å². The lowest BCUT2D eigenvalue weighted by atomic mass is 10.2. The van der Waals surface area contributed by atoms with Crippen molar-refractivity contribution in [1.29, 1.82) is 5.41 Å². The molecule has 0 amide bonds. The normalized spacial score (nSPS) is 10.3. The number of benzene rings is 1. The fourth-order valence-corrected chi connectivity index (χ4v) is 2.42. The zero-order valence-electron chi connectivity index (χ0n) is 10.2. The predicted octanol–water partition coefficient (Wildman–Crippen LogP) is 4.01. The van der Waals surface area contributed by atoms with Gasteiger partial charge in [0.1, 0.15) is 23.9 Å². The standard InChI is InChI=1S/C13H10BrCl2N3O/c14-8-4-10(16)11(5-9(8)15)20-6-7-2-1-3-19-12(7)13(17)18/h1-5H,6H2,(H3,17,18). The largest absolute Gasteiger partial charge is 0.487 e. The van der Waals surface area contributed by atoms with E-state index in [2.05, 4.69) is 20.9 Å². The molecule has 3 N–H and O–H groups in total. The molecule has 1 heterocycles. The van der Waals surface area contributed by atoms with Gasteiger partial charge in [-0.25, -0.2) is 0 Å². The fraction of sp³-hybridized carbons (Fsp3) is 0.0769. The van der Waals surface area contributed by atoms with E-state index in [9.17, 15) is 0 Å². The van der Waals surface area contributed by atoms with Crippen LogP contribution in [-0.2, 0) is 6.61 Å². The van der Waals surface area contributed by atoms with Gasteiger partial charge in [-0.3, -0.25) is 10.4 Å². The molecule has 1 aromatic carbocycles. The van der Waals surface area contributed by atoms with Gasteiger partial charge in [-0.05, 0) is 28.1 Å². The number of ether oxygens (including phenoxy) is 1. The van der Waals surface area contributed by atoms with Gasteiger partial charge in [0.15, 0.2) is 0 Å². The van der Waals surface area contributed by atoms with Crippen LogP contribution in [0.3, 0.4) is 0 Å². The zero-order valence-corrected chi connectivity index (χ0v) is 13.3. The zero-order chi connectivity index (χ0) is 14.7. The SMILES string of the molecule is N=C(N)c1ncccc1COc1cc(Cl)c(Br)cc1Cl. The summed E-state index contributed by atoms with van der Waals surface area (Å²) in [5.74, 6) is 0.349. The van der Waals surface area contributed by atoms with Crippen LogP contribution in [0.1, 0.15) is 11.3 Å². The van der Waals surface area contributed by atoms with Crippen molar-refractivity contribution in [3.63, 3.8) is 0 Å². The maximum absolute atomic E-state index is 7.47. The first-order chi connectivity index (χ1) is 9.49. The van der Waals surface area contributed by atoms with Crippen molar-refractivity contribution in [3.05, 3.63) is 56.2 Å². The maximum atomic E-state index is 7.47. The average Bonchev–Trinajstić information content (AvgIpc) is 2.41. The Morgan fingerprint density at radius 3 is 2.80 bits per heavy atom. The van der Waals surface area contributed by atoms with Crippen LogP contribution in [-0.4, -0.2) is 10.8 Å². The Labute approximate surface area is 134 Å². The molecule has 7 heteroatoms. The number of nitrogens with zero attached hydrogens (tertiary/aromatic N) is 1. The van der Waals surface area contributed by atoms with Crippen LogP contribution in [0.2, 0.25) is 10.0 Å². The van der Waals surface area contributed by atoms with E-state index in [4.69, 9.17) is 39.1 Å². The van der Waals surface area contributed by atoms with Crippen LogP contribution < -0.4 is 10.5 Å². The van der Waals surface area contributed by atoms with Gasteiger partial charge in [-0.1, -0.05) is 29.3 Å². The number of halogens is 3. The number of amidine groups is 1. The van der Waals surface area contributed by atoms with E-state index in [1.165, 1.54) is 0 Å². The third kappa shape index (κ3) is 3.42. The van der Waals surface area contributed by atoms with Crippen LogP contribution >= 0.6 is 39.1 Å². The molecule has 20 heavy (non-hydrogen) atoms. The Balaban J connectivity index is 2.21. The van der Waals surface area contributed by atoms with E-state index in [1.807, 2.05) is 0 Å². The molecule has 0 spiro atoms. The number of nitrogens with one attached hydrogen (secondary N) is 1. The highest BCUT2D eigenvalue weighted by Crippen LogP contribution is 2.34. The first-order valence-corrected chi connectivity index (χ1v) is 7.09. The van der Waals surface area contributed by atoms with Crippen molar-refractivity contribution in [2.24, 2.45) is 5.73 Å². The van der Waals surface area contributed by atoms with Crippen LogP contribution in [0, 0.1) is 5.41 Å². The van der Waals surface area contributed by atoms with E-state index in [0.717, 1.165) is 0 Å². The highest BCUT2D eigenvalue weighted by Gasteiger charge is 2.10. The molecule has 0 aliphatic rings.